The number of carbonyl (C=O) groups excluding carboxylic acids is 2. The van der Waals surface area contributed by atoms with Crippen LogP contribution in [0.15, 0.2) is 27.5 Å². The van der Waals surface area contributed by atoms with E-state index in [4.69, 9.17) is 0 Å². The number of nitrogens with zero attached hydrogens (tertiary/aromatic N) is 2. The first-order chi connectivity index (χ1) is 10.5. The number of amides is 2. The molecule has 1 aromatic carbocycles. The number of hydrogen-bond donors (Lipinski definition) is 1. The van der Waals surface area contributed by atoms with Crippen molar-refractivity contribution in [2.24, 2.45) is 0 Å². The Morgan fingerprint density at radius 1 is 1.32 bits per heavy atom. The number of aromatic nitrogens is 2. The summed E-state index contributed by atoms with van der Waals surface area (Å²) in [6, 6.07) is 4.56. The molecule has 1 saturated heterocycles. The van der Waals surface area contributed by atoms with Crippen molar-refractivity contribution in [1.29, 1.82) is 0 Å². The van der Waals surface area contributed by atoms with E-state index in [9.17, 15) is 14.4 Å². The minimum Gasteiger partial charge on any atom is -0.295 e. The normalized spacial score (nSPS) is 19.1. The van der Waals surface area contributed by atoms with Gasteiger partial charge in [-0.05, 0) is 47.8 Å². The van der Waals surface area contributed by atoms with Gasteiger partial charge in [0.1, 0.15) is 11.9 Å². The summed E-state index contributed by atoms with van der Waals surface area (Å²) < 4.78 is 2.13. The van der Waals surface area contributed by atoms with Gasteiger partial charge in [-0.2, -0.15) is 0 Å². The average molecular weight is 364 g/mol. The molecule has 1 aliphatic heterocycles. The van der Waals surface area contributed by atoms with Crippen molar-refractivity contribution in [3.05, 3.63) is 38.9 Å². The molecule has 0 saturated carbocycles. The third-order valence-electron chi connectivity index (χ3n) is 3.82. The van der Waals surface area contributed by atoms with Gasteiger partial charge in [0.15, 0.2) is 0 Å². The molecular weight excluding hydrogens is 350 g/mol. The van der Waals surface area contributed by atoms with Crippen molar-refractivity contribution < 1.29 is 9.59 Å². The minimum atomic E-state index is -0.699. The second-order valence-corrected chi connectivity index (χ2v) is 6.14. The highest BCUT2D eigenvalue weighted by Crippen LogP contribution is 2.23. The monoisotopic (exact) mass is 363 g/mol. The molecule has 1 atom stereocenters. The van der Waals surface area contributed by atoms with E-state index in [2.05, 4.69) is 26.2 Å². The van der Waals surface area contributed by atoms with Crippen LogP contribution in [0.1, 0.15) is 31.1 Å². The van der Waals surface area contributed by atoms with E-state index in [0.717, 1.165) is 4.47 Å². The number of nitrogens with one attached hydrogen (secondary N) is 1. The number of imide groups is 1. The van der Waals surface area contributed by atoms with Crippen molar-refractivity contribution >= 4 is 38.6 Å². The van der Waals surface area contributed by atoms with Crippen LogP contribution in [0.4, 0.5) is 0 Å². The predicted molar refractivity (Wildman–Crippen MR) is 84.5 cm³/mol. The summed E-state index contributed by atoms with van der Waals surface area (Å²) in [7, 11) is 0. The summed E-state index contributed by atoms with van der Waals surface area (Å²) in [5.74, 6) is -0.280. The van der Waals surface area contributed by atoms with E-state index in [0.29, 0.717) is 36.0 Å². The smallest absolute Gasteiger partial charge is 0.262 e. The van der Waals surface area contributed by atoms with Crippen LogP contribution in [-0.2, 0) is 9.59 Å². The molecule has 22 heavy (non-hydrogen) atoms. The zero-order valence-electron chi connectivity index (χ0n) is 11.9. The fourth-order valence-electron chi connectivity index (χ4n) is 2.78. The number of carbonyl (C=O) groups is 2. The van der Waals surface area contributed by atoms with Crippen LogP contribution in [0.3, 0.4) is 0 Å². The molecule has 1 aliphatic rings. The van der Waals surface area contributed by atoms with Crippen LogP contribution >= 0.6 is 15.9 Å². The van der Waals surface area contributed by atoms with E-state index >= 15 is 0 Å². The van der Waals surface area contributed by atoms with Gasteiger partial charge in [-0.3, -0.25) is 24.3 Å². The number of hydrogen-bond acceptors (Lipinski definition) is 4. The Hall–Kier alpha value is -2.02. The van der Waals surface area contributed by atoms with Gasteiger partial charge >= 0.3 is 0 Å². The Morgan fingerprint density at radius 3 is 2.86 bits per heavy atom. The third-order valence-corrected chi connectivity index (χ3v) is 4.46. The second-order valence-electron chi connectivity index (χ2n) is 5.29. The van der Waals surface area contributed by atoms with Crippen LogP contribution in [-0.4, -0.2) is 21.4 Å². The lowest BCUT2D eigenvalue weighted by atomic mass is 10.1. The van der Waals surface area contributed by atoms with Gasteiger partial charge in [0.25, 0.3) is 5.56 Å². The summed E-state index contributed by atoms with van der Waals surface area (Å²) in [5.41, 5.74) is 0.310. The molecule has 0 aliphatic carbocycles. The second kappa shape index (κ2) is 5.64. The Morgan fingerprint density at radius 2 is 2.09 bits per heavy atom. The SMILES string of the molecule is Cc1nc2c(Br)cccc2c(=O)n1C1CCCC(=O)NC1=O. The topological polar surface area (TPSA) is 81.1 Å². The quantitative estimate of drug-likeness (QED) is 0.783. The number of fused-ring (bicyclic) bond motifs is 1. The van der Waals surface area contributed by atoms with Crippen LogP contribution in [0, 0.1) is 6.92 Å². The molecule has 1 unspecified atom stereocenters. The lowest BCUT2D eigenvalue weighted by molar-refractivity contribution is -0.131. The van der Waals surface area contributed by atoms with Gasteiger partial charge in [-0.25, -0.2) is 4.98 Å². The van der Waals surface area contributed by atoms with Crippen molar-refractivity contribution in [1.82, 2.24) is 14.9 Å². The lowest BCUT2D eigenvalue weighted by Crippen LogP contribution is -2.39. The van der Waals surface area contributed by atoms with E-state index in [1.807, 2.05) is 6.07 Å². The maximum atomic E-state index is 12.8. The summed E-state index contributed by atoms with van der Waals surface area (Å²) in [6.45, 7) is 1.69. The number of aryl methyl sites for hydroxylation is 1. The zero-order chi connectivity index (χ0) is 15.9. The highest BCUT2D eigenvalue weighted by atomic mass is 79.9. The molecule has 1 aromatic heterocycles. The number of para-hydroxylation sites is 1. The van der Waals surface area contributed by atoms with E-state index in [-0.39, 0.29) is 11.5 Å². The lowest BCUT2D eigenvalue weighted by Gasteiger charge is -2.19. The van der Waals surface area contributed by atoms with Crippen LogP contribution < -0.4 is 10.9 Å². The molecule has 1 N–H and O–H groups in total. The van der Waals surface area contributed by atoms with Gasteiger partial charge in [-0.1, -0.05) is 6.07 Å². The molecule has 0 radical (unpaired) electrons. The van der Waals surface area contributed by atoms with Crippen LogP contribution in [0.5, 0.6) is 0 Å². The van der Waals surface area contributed by atoms with Crippen molar-refractivity contribution in [2.45, 2.75) is 32.2 Å². The fraction of sp³-hybridized carbons (Fsp3) is 0.333. The molecule has 3 rings (SSSR count). The Labute approximate surface area is 134 Å². The Kier molecular flexibility index (Phi) is 3.82. The Bertz CT molecular complexity index is 844. The molecule has 2 heterocycles. The highest BCUT2D eigenvalue weighted by Gasteiger charge is 2.28. The van der Waals surface area contributed by atoms with Gasteiger partial charge in [0.05, 0.1) is 10.9 Å². The fourth-order valence-corrected chi connectivity index (χ4v) is 3.23. The minimum absolute atomic E-state index is 0.265. The van der Waals surface area contributed by atoms with Gasteiger partial charge in [0.2, 0.25) is 11.8 Å². The molecule has 114 valence electrons. The molecule has 2 amide bonds. The number of benzene rings is 1. The first-order valence-corrected chi connectivity index (χ1v) is 7.79. The molecule has 7 heteroatoms. The summed E-state index contributed by atoms with van der Waals surface area (Å²) in [4.78, 5) is 40.9. The highest BCUT2D eigenvalue weighted by molar-refractivity contribution is 9.10. The molecule has 0 bridgehead atoms. The molecule has 1 fully saturated rings. The maximum absolute atomic E-state index is 12.8. The number of rotatable bonds is 1. The van der Waals surface area contributed by atoms with E-state index < -0.39 is 11.9 Å². The van der Waals surface area contributed by atoms with Gasteiger partial charge < -0.3 is 0 Å². The van der Waals surface area contributed by atoms with Crippen molar-refractivity contribution in [2.75, 3.05) is 0 Å². The van der Waals surface area contributed by atoms with Crippen molar-refractivity contribution in [3.63, 3.8) is 0 Å². The molecule has 2 aromatic rings. The van der Waals surface area contributed by atoms with Gasteiger partial charge in [-0.15, -0.1) is 0 Å². The predicted octanol–water partition coefficient (Wildman–Crippen LogP) is 1.84. The van der Waals surface area contributed by atoms with Gasteiger partial charge in [0, 0.05) is 10.9 Å². The molecular formula is C15H14BrN3O3. The van der Waals surface area contributed by atoms with E-state index in [1.54, 1.807) is 19.1 Å². The van der Waals surface area contributed by atoms with Crippen molar-refractivity contribution in [3.8, 4) is 0 Å². The first-order valence-electron chi connectivity index (χ1n) is 7.00. The van der Waals surface area contributed by atoms with E-state index in [1.165, 1.54) is 4.57 Å². The van der Waals surface area contributed by atoms with Crippen LogP contribution in [0.25, 0.3) is 10.9 Å². The summed E-state index contributed by atoms with van der Waals surface area (Å²) >= 11 is 3.38. The molecule has 0 spiro atoms. The third kappa shape index (κ3) is 2.45. The summed E-state index contributed by atoms with van der Waals surface area (Å²) in [6.07, 6.45) is 1.30. The standard InChI is InChI=1S/C15H14BrN3O3/c1-8-17-13-9(4-2-5-10(13)16)15(22)19(8)11-6-3-7-12(20)18-14(11)21/h2,4-5,11H,3,6-7H2,1H3,(H,18,20,21). The number of halogens is 1. The molecule has 6 nitrogen and oxygen atoms in total. The maximum Gasteiger partial charge on any atom is 0.262 e. The summed E-state index contributed by atoms with van der Waals surface area (Å²) in [5, 5.41) is 2.78. The largest absolute Gasteiger partial charge is 0.295 e. The van der Waals surface area contributed by atoms with Crippen LogP contribution in [0.2, 0.25) is 0 Å². The average Bonchev–Trinajstić information content (AvgIpc) is 2.62. The first kappa shape index (κ1) is 14.9. The Balaban J connectivity index is 2.21. The zero-order valence-corrected chi connectivity index (χ0v) is 13.5.